The third-order valence-electron chi connectivity index (χ3n) is 3.41. The smallest absolute Gasteiger partial charge is 0.0499 e. The van der Waals surface area contributed by atoms with E-state index in [9.17, 15) is 0 Å². The van der Waals surface area contributed by atoms with E-state index in [-0.39, 0.29) is 5.41 Å². The minimum absolute atomic E-state index is 0.271. The van der Waals surface area contributed by atoms with Crippen LogP contribution in [0.1, 0.15) is 26.2 Å². The summed E-state index contributed by atoms with van der Waals surface area (Å²) in [7, 11) is 0. The second kappa shape index (κ2) is 3.79. The van der Waals surface area contributed by atoms with E-state index in [0.29, 0.717) is 12.6 Å². The van der Waals surface area contributed by atoms with Gasteiger partial charge in [0.2, 0.25) is 0 Å². The lowest BCUT2D eigenvalue weighted by molar-refractivity contribution is 0.204. The quantitative estimate of drug-likeness (QED) is 0.718. The number of thioether (sulfide) groups is 1. The molecule has 76 valence electrons. The SMILES string of the molecule is CC1SCCC1NCC1(CO)CC1. The summed E-state index contributed by atoms with van der Waals surface area (Å²) in [4.78, 5) is 0. The van der Waals surface area contributed by atoms with Gasteiger partial charge in [-0.3, -0.25) is 0 Å². The molecule has 2 unspecified atom stereocenters. The first kappa shape index (κ1) is 9.81. The van der Waals surface area contributed by atoms with Gasteiger partial charge in [-0.25, -0.2) is 0 Å². The molecule has 1 aliphatic heterocycles. The maximum absolute atomic E-state index is 9.15. The number of hydrogen-bond donors (Lipinski definition) is 2. The van der Waals surface area contributed by atoms with Gasteiger partial charge in [-0.1, -0.05) is 6.92 Å². The van der Waals surface area contributed by atoms with E-state index in [2.05, 4.69) is 24.0 Å². The Kier molecular flexibility index (Phi) is 2.86. The first-order valence-corrected chi connectivity index (χ1v) is 6.26. The van der Waals surface area contributed by atoms with Crippen LogP contribution in [0.25, 0.3) is 0 Å². The van der Waals surface area contributed by atoms with Crippen LogP contribution in [0, 0.1) is 5.41 Å². The maximum atomic E-state index is 9.15. The average Bonchev–Trinajstić information content (AvgIpc) is 2.82. The van der Waals surface area contributed by atoms with E-state index < -0.39 is 0 Å². The van der Waals surface area contributed by atoms with Crippen LogP contribution in [0.15, 0.2) is 0 Å². The Hall–Kier alpha value is 0.270. The van der Waals surface area contributed by atoms with Gasteiger partial charge >= 0.3 is 0 Å². The molecule has 0 aromatic heterocycles. The number of aliphatic hydroxyl groups excluding tert-OH is 1. The second-order valence-corrected chi connectivity index (χ2v) is 6.00. The molecule has 2 N–H and O–H groups in total. The molecule has 0 radical (unpaired) electrons. The fourth-order valence-electron chi connectivity index (χ4n) is 1.91. The highest BCUT2D eigenvalue weighted by atomic mass is 32.2. The van der Waals surface area contributed by atoms with Gasteiger partial charge in [0.05, 0.1) is 0 Å². The van der Waals surface area contributed by atoms with Gasteiger partial charge in [-0.2, -0.15) is 11.8 Å². The second-order valence-electron chi connectivity index (χ2n) is 4.51. The van der Waals surface area contributed by atoms with Crippen LogP contribution in [0.5, 0.6) is 0 Å². The zero-order valence-corrected chi connectivity index (χ0v) is 9.07. The monoisotopic (exact) mass is 201 g/mol. The summed E-state index contributed by atoms with van der Waals surface area (Å²) in [6.07, 6.45) is 3.73. The molecule has 2 nitrogen and oxygen atoms in total. The van der Waals surface area contributed by atoms with Gasteiger partial charge in [-0.15, -0.1) is 0 Å². The highest BCUT2D eigenvalue weighted by Crippen LogP contribution is 2.44. The Balaban J connectivity index is 1.73. The molecule has 2 aliphatic rings. The molecule has 13 heavy (non-hydrogen) atoms. The normalized spacial score (nSPS) is 36.5. The fourth-order valence-corrected chi connectivity index (χ4v) is 3.14. The van der Waals surface area contributed by atoms with Crippen LogP contribution in [0.4, 0.5) is 0 Å². The zero-order chi connectivity index (χ0) is 9.31. The van der Waals surface area contributed by atoms with Crippen LogP contribution in [-0.2, 0) is 0 Å². The van der Waals surface area contributed by atoms with E-state index in [0.717, 1.165) is 11.8 Å². The summed E-state index contributed by atoms with van der Waals surface area (Å²) in [6, 6.07) is 0.689. The molecule has 0 aromatic carbocycles. The minimum atomic E-state index is 0.271. The van der Waals surface area contributed by atoms with Crippen molar-refractivity contribution in [1.29, 1.82) is 0 Å². The molecule has 2 fully saturated rings. The number of nitrogens with one attached hydrogen (secondary N) is 1. The topological polar surface area (TPSA) is 32.3 Å². The lowest BCUT2D eigenvalue weighted by Crippen LogP contribution is -2.38. The summed E-state index contributed by atoms with van der Waals surface area (Å²) in [5.74, 6) is 1.30. The third-order valence-corrected chi connectivity index (χ3v) is 4.73. The fraction of sp³-hybridized carbons (Fsp3) is 1.00. The minimum Gasteiger partial charge on any atom is -0.396 e. The van der Waals surface area contributed by atoms with E-state index in [4.69, 9.17) is 5.11 Å². The predicted molar refractivity (Wildman–Crippen MR) is 57.1 cm³/mol. The van der Waals surface area contributed by atoms with Crippen molar-refractivity contribution in [3.8, 4) is 0 Å². The summed E-state index contributed by atoms with van der Waals surface area (Å²) in [5, 5.41) is 13.5. The molecular weight excluding hydrogens is 182 g/mol. The zero-order valence-electron chi connectivity index (χ0n) is 8.25. The predicted octanol–water partition coefficient (Wildman–Crippen LogP) is 1.24. The van der Waals surface area contributed by atoms with Crippen molar-refractivity contribution in [3.05, 3.63) is 0 Å². The molecule has 2 atom stereocenters. The Bertz CT molecular complexity index is 182. The van der Waals surface area contributed by atoms with Crippen LogP contribution in [0.2, 0.25) is 0 Å². The van der Waals surface area contributed by atoms with Crippen molar-refractivity contribution < 1.29 is 5.11 Å². The van der Waals surface area contributed by atoms with Crippen molar-refractivity contribution in [2.24, 2.45) is 5.41 Å². The number of aliphatic hydroxyl groups is 1. The highest BCUT2D eigenvalue weighted by Gasteiger charge is 2.42. The van der Waals surface area contributed by atoms with Crippen molar-refractivity contribution in [2.75, 3.05) is 18.9 Å². The van der Waals surface area contributed by atoms with Crippen molar-refractivity contribution in [3.63, 3.8) is 0 Å². The highest BCUT2D eigenvalue weighted by molar-refractivity contribution is 8.00. The summed E-state index contributed by atoms with van der Waals surface area (Å²) >= 11 is 2.06. The Morgan fingerprint density at radius 1 is 1.54 bits per heavy atom. The molecule has 1 saturated heterocycles. The molecule has 2 rings (SSSR count). The molecular formula is C10H19NOS. The average molecular weight is 201 g/mol. The first-order valence-electron chi connectivity index (χ1n) is 5.22. The molecule has 0 aromatic rings. The Labute approximate surface area is 84.5 Å². The van der Waals surface area contributed by atoms with Gasteiger partial charge in [0.1, 0.15) is 0 Å². The van der Waals surface area contributed by atoms with Crippen LogP contribution < -0.4 is 5.32 Å². The molecule has 1 saturated carbocycles. The van der Waals surface area contributed by atoms with Crippen molar-refractivity contribution >= 4 is 11.8 Å². The molecule has 1 aliphatic carbocycles. The largest absolute Gasteiger partial charge is 0.396 e. The standard InChI is InChI=1S/C10H19NOS/c1-8-9(2-5-13-8)11-6-10(7-12)3-4-10/h8-9,11-12H,2-7H2,1H3. The Morgan fingerprint density at radius 2 is 2.31 bits per heavy atom. The maximum Gasteiger partial charge on any atom is 0.0499 e. The van der Waals surface area contributed by atoms with Gasteiger partial charge in [-0.05, 0) is 25.0 Å². The number of hydrogen-bond acceptors (Lipinski definition) is 3. The summed E-state index contributed by atoms with van der Waals surface area (Å²) in [5.41, 5.74) is 0.271. The van der Waals surface area contributed by atoms with Gasteiger partial charge < -0.3 is 10.4 Å². The molecule has 3 heteroatoms. The van der Waals surface area contributed by atoms with Crippen molar-refractivity contribution in [1.82, 2.24) is 5.32 Å². The third kappa shape index (κ3) is 2.20. The van der Waals surface area contributed by atoms with Crippen LogP contribution in [-0.4, -0.2) is 35.3 Å². The molecule has 0 amide bonds. The Morgan fingerprint density at radius 3 is 2.77 bits per heavy atom. The molecule has 1 heterocycles. The van der Waals surface area contributed by atoms with E-state index in [1.165, 1.54) is 25.0 Å². The van der Waals surface area contributed by atoms with E-state index in [1.807, 2.05) is 0 Å². The molecule has 0 bridgehead atoms. The lowest BCUT2D eigenvalue weighted by atomic mass is 10.1. The van der Waals surface area contributed by atoms with Crippen molar-refractivity contribution in [2.45, 2.75) is 37.5 Å². The lowest BCUT2D eigenvalue weighted by Gasteiger charge is -2.20. The summed E-state index contributed by atoms with van der Waals surface area (Å²) in [6.45, 7) is 3.70. The molecule has 0 spiro atoms. The van der Waals surface area contributed by atoms with Gasteiger partial charge in [0.25, 0.3) is 0 Å². The summed E-state index contributed by atoms with van der Waals surface area (Å²) < 4.78 is 0. The van der Waals surface area contributed by atoms with Crippen LogP contribution >= 0.6 is 11.8 Å². The van der Waals surface area contributed by atoms with Gasteiger partial charge in [0, 0.05) is 29.9 Å². The number of rotatable bonds is 4. The van der Waals surface area contributed by atoms with E-state index in [1.54, 1.807) is 0 Å². The van der Waals surface area contributed by atoms with Gasteiger partial charge in [0.15, 0.2) is 0 Å². The van der Waals surface area contributed by atoms with E-state index >= 15 is 0 Å². The first-order chi connectivity index (χ1) is 6.26. The van der Waals surface area contributed by atoms with Crippen LogP contribution in [0.3, 0.4) is 0 Å².